The van der Waals surface area contributed by atoms with Gasteiger partial charge >= 0.3 is 5.97 Å². The van der Waals surface area contributed by atoms with Crippen LogP contribution >= 0.6 is 0 Å². The molecule has 0 aliphatic rings. The van der Waals surface area contributed by atoms with Gasteiger partial charge in [0.2, 0.25) is 0 Å². The highest BCUT2D eigenvalue weighted by molar-refractivity contribution is 5.73. The maximum Gasteiger partial charge on any atom is 0.310 e. The summed E-state index contributed by atoms with van der Waals surface area (Å²) in [6.07, 6.45) is 3.94. The normalized spacial score (nSPS) is 12.7. The summed E-state index contributed by atoms with van der Waals surface area (Å²) < 4.78 is 1.94. The fraction of sp³-hybridized carbons (Fsp3) is 0.643. The number of carboxylic acids is 1. The molecule has 0 aliphatic heterocycles. The van der Waals surface area contributed by atoms with Crippen molar-refractivity contribution in [3.63, 3.8) is 0 Å². The number of hydrogen-bond acceptors (Lipinski definition) is 2. The van der Waals surface area contributed by atoms with Crippen LogP contribution in [0.3, 0.4) is 0 Å². The highest BCUT2D eigenvalue weighted by atomic mass is 16.4. The van der Waals surface area contributed by atoms with E-state index in [9.17, 15) is 4.79 Å². The molecular formula is C14H24N2O2. The van der Waals surface area contributed by atoms with E-state index in [0.717, 1.165) is 6.54 Å². The van der Waals surface area contributed by atoms with Crippen molar-refractivity contribution in [1.82, 2.24) is 9.88 Å². The topological polar surface area (TPSA) is 54.3 Å². The molecule has 1 aromatic heterocycles. The monoisotopic (exact) mass is 252 g/mol. The van der Waals surface area contributed by atoms with Gasteiger partial charge in [-0.2, -0.15) is 0 Å². The number of hydrogen-bond donors (Lipinski definition) is 2. The lowest BCUT2D eigenvalue weighted by Crippen LogP contribution is -2.35. The minimum atomic E-state index is -0.773. The van der Waals surface area contributed by atoms with Crippen molar-refractivity contribution in [2.45, 2.75) is 53.2 Å². The zero-order valence-corrected chi connectivity index (χ0v) is 11.9. The first-order valence-corrected chi connectivity index (χ1v) is 6.23. The van der Waals surface area contributed by atoms with E-state index >= 15 is 0 Å². The van der Waals surface area contributed by atoms with Crippen molar-refractivity contribution in [2.75, 3.05) is 0 Å². The number of carboxylic acid groups (broad SMARTS) is 1. The molecule has 0 amide bonds. The molecule has 1 aromatic rings. The summed E-state index contributed by atoms with van der Waals surface area (Å²) in [6, 6.07) is 2.02. The Bertz CT molecular complexity index is 414. The van der Waals surface area contributed by atoms with Crippen molar-refractivity contribution in [3.05, 3.63) is 24.0 Å². The van der Waals surface area contributed by atoms with Crippen molar-refractivity contribution >= 4 is 5.97 Å². The zero-order chi connectivity index (χ0) is 14.0. The summed E-state index contributed by atoms with van der Waals surface area (Å²) in [4.78, 5) is 11.1. The molecule has 102 valence electrons. The Morgan fingerprint density at radius 1 is 1.33 bits per heavy atom. The van der Waals surface area contributed by atoms with Crippen LogP contribution in [0, 0.1) is 5.41 Å². The first kappa shape index (κ1) is 14.8. The quantitative estimate of drug-likeness (QED) is 0.846. The van der Waals surface area contributed by atoms with Crippen LogP contribution in [0.4, 0.5) is 0 Å². The van der Waals surface area contributed by atoms with Crippen LogP contribution in [0.25, 0.3) is 0 Å². The molecule has 0 bridgehead atoms. The minimum Gasteiger partial charge on any atom is -0.481 e. The molecule has 0 fully saturated rings. The summed E-state index contributed by atoms with van der Waals surface area (Å²) in [5.74, 6) is -0.773. The lowest BCUT2D eigenvalue weighted by molar-refractivity contribution is -0.147. The molecule has 0 saturated heterocycles. The third-order valence-electron chi connectivity index (χ3n) is 2.79. The average molecular weight is 252 g/mol. The number of rotatable bonds is 5. The number of aromatic nitrogens is 1. The van der Waals surface area contributed by atoms with Gasteiger partial charge in [0.05, 0.1) is 5.41 Å². The molecule has 18 heavy (non-hydrogen) atoms. The zero-order valence-electron chi connectivity index (χ0n) is 11.9. The largest absolute Gasteiger partial charge is 0.481 e. The molecule has 2 N–H and O–H groups in total. The smallest absolute Gasteiger partial charge is 0.310 e. The van der Waals surface area contributed by atoms with Crippen molar-refractivity contribution < 1.29 is 9.90 Å². The summed E-state index contributed by atoms with van der Waals surface area (Å²) in [5.41, 5.74) is 0.516. The third kappa shape index (κ3) is 4.53. The van der Waals surface area contributed by atoms with Gasteiger partial charge in [0.1, 0.15) is 0 Å². The van der Waals surface area contributed by atoms with Crippen LogP contribution in [-0.2, 0) is 17.9 Å². The highest BCUT2D eigenvalue weighted by Gasteiger charge is 2.27. The van der Waals surface area contributed by atoms with E-state index in [0.29, 0.717) is 6.54 Å². The third-order valence-corrected chi connectivity index (χ3v) is 2.79. The lowest BCUT2D eigenvalue weighted by Gasteiger charge is -2.20. The summed E-state index contributed by atoms with van der Waals surface area (Å²) in [5, 5.41) is 12.5. The predicted octanol–water partition coefficient (Wildman–Crippen LogP) is 2.49. The Morgan fingerprint density at radius 3 is 2.44 bits per heavy atom. The van der Waals surface area contributed by atoms with Crippen LogP contribution in [0.1, 0.15) is 40.2 Å². The molecule has 0 unspecified atom stereocenters. The van der Waals surface area contributed by atoms with Gasteiger partial charge in [-0.25, -0.2) is 0 Å². The first-order valence-electron chi connectivity index (χ1n) is 6.23. The number of nitrogens with one attached hydrogen (secondary N) is 1. The highest BCUT2D eigenvalue weighted by Crippen LogP contribution is 2.19. The Morgan fingerprint density at radius 2 is 1.94 bits per heavy atom. The van der Waals surface area contributed by atoms with E-state index < -0.39 is 11.4 Å². The lowest BCUT2D eigenvalue weighted by atomic mass is 9.94. The molecule has 0 aromatic carbocycles. The van der Waals surface area contributed by atoms with E-state index in [-0.39, 0.29) is 5.54 Å². The molecule has 0 radical (unpaired) electrons. The van der Waals surface area contributed by atoms with E-state index in [2.05, 4.69) is 26.1 Å². The maximum atomic E-state index is 11.1. The molecule has 0 atom stereocenters. The Hall–Kier alpha value is -1.29. The van der Waals surface area contributed by atoms with Gasteiger partial charge < -0.3 is 15.0 Å². The number of nitrogens with zero attached hydrogens (tertiary/aromatic N) is 1. The molecule has 1 rings (SSSR count). The number of carbonyl (C=O) groups is 1. The van der Waals surface area contributed by atoms with Gasteiger partial charge in [0.15, 0.2) is 0 Å². The van der Waals surface area contributed by atoms with Gasteiger partial charge in [0, 0.05) is 31.0 Å². The first-order chi connectivity index (χ1) is 8.10. The van der Waals surface area contributed by atoms with Crippen LogP contribution < -0.4 is 5.32 Å². The number of aliphatic carboxylic acids is 1. The van der Waals surface area contributed by atoms with Crippen molar-refractivity contribution in [1.29, 1.82) is 0 Å². The van der Waals surface area contributed by atoms with Crippen LogP contribution in [0.15, 0.2) is 18.5 Å². The van der Waals surface area contributed by atoms with Gasteiger partial charge in [0.25, 0.3) is 0 Å². The molecule has 1 heterocycles. The van der Waals surface area contributed by atoms with E-state index in [4.69, 9.17) is 5.11 Å². The molecule has 0 saturated carbocycles. The van der Waals surface area contributed by atoms with Gasteiger partial charge in [-0.15, -0.1) is 0 Å². The summed E-state index contributed by atoms with van der Waals surface area (Å²) in [7, 11) is 0. The predicted molar refractivity (Wildman–Crippen MR) is 72.4 cm³/mol. The van der Waals surface area contributed by atoms with Gasteiger partial charge in [-0.1, -0.05) is 0 Å². The van der Waals surface area contributed by atoms with E-state index in [1.165, 1.54) is 5.56 Å². The Balaban J connectivity index is 2.61. The summed E-state index contributed by atoms with van der Waals surface area (Å²) in [6.45, 7) is 11.1. The van der Waals surface area contributed by atoms with Crippen LogP contribution in [0.2, 0.25) is 0 Å². The standard InChI is InChI=1S/C14H24N2O2/c1-13(2,3)15-8-11-6-7-16(9-11)10-14(4,5)12(17)18/h6-7,9,15H,8,10H2,1-5H3,(H,17,18). The van der Waals surface area contributed by atoms with Crippen LogP contribution in [-0.4, -0.2) is 21.2 Å². The summed E-state index contributed by atoms with van der Waals surface area (Å²) >= 11 is 0. The molecular weight excluding hydrogens is 228 g/mol. The van der Waals surface area contributed by atoms with Gasteiger partial charge in [-0.3, -0.25) is 4.79 Å². The second kappa shape index (κ2) is 5.14. The molecule has 4 heteroatoms. The Labute approximate surface area is 109 Å². The second-order valence-electron chi connectivity index (χ2n) is 6.48. The molecule has 4 nitrogen and oxygen atoms in total. The van der Waals surface area contributed by atoms with E-state index in [1.54, 1.807) is 13.8 Å². The Kier molecular flexibility index (Phi) is 4.22. The minimum absolute atomic E-state index is 0.0857. The second-order valence-corrected chi connectivity index (χ2v) is 6.48. The average Bonchev–Trinajstić information content (AvgIpc) is 2.60. The molecule has 0 spiro atoms. The maximum absolute atomic E-state index is 11.1. The fourth-order valence-electron chi connectivity index (χ4n) is 1.58. The SMILES string of the molecule is CC(C)(C)NCc1ccn(CC(C)(C)C(=O)O)c1. The van der Waals surface area contributed by atoms with Gasteiger partial charge in [-0.05, 0) is 46.2 Å². The van der Waals surface area contributed by atoms with Crippen molar-refractivity contribution in [2.24, 2.45) is 5.41 Å². The van der Waals surface area contributed by atoms with E-state index in [1.807, 2.05) is 23.0 Å². The van der Waals surface area contributed by atoms with Crippen molar-refractivity contribution in [3.8, 4) is 0 Å². The fourth-order valence-corrected chi connectivity index (χ4v) is 1.58. The molecule has 0 aliphatic carbocycles. The van der Waals surface area contributed by atoms with Crippen LogP contribution in [0.5, 0.6) is 0 Å².